The zero-order valence-corrected chi connectivity index (χ0v) is 21.4. The molecule has 0 spiro atoms. The highest BCUT2D eigenvalue weighted by atomic mass is 35.5. The number of carbonyl (C=O) groups excluding carboxylic acids is 2. The largest absolute Gasteiger partial charge is 0.336 e. The molecule has 2 amide bonds. The van der Waals surface area contributed by atoms with Crippen LogP contribution in [0.3, 0.4) is 0 Å². The maximum Gasteiger partial charge on any atom is 0.330 e. The van der Waals surface area contributed by atoms with Crippen LogP contribution in [0, 0.1) is 0 Å². The van der Waals surface area contributed by atoms with E-state index in [1.807, 2.05) is 19.9 Å². The van der Waals surface area contributed by atoms with Gasteiger partial charge in [0, 0.05) is 76.6 Å². The summed E-state index contributed by atoms with van der Waals surface area (Å²) in [5, 5.41) is 0.588. The van der Waals surface area contributed by atoms with E-state index in [2.05, 4.69) is 4.90 Å². The fourth-order valence-corrected chi connectivity index (χ4v) is 4.05. The molecule has 188 valence electrons. The van der Waals surface area contributed by atoms with E-state index in [1.165, 1.54) is 22.7 Å². The highest BCUT2D eigenvalue weighted by molar-refractivity contribution is 6.30. The smallest absolute Gasteiger partial charge is 0.330 e. The minimum Gasteiger partial charge on any atom is -0.336 e. The Bertz CT molecular complexity index is 1220. The van der Waals surface area contributed by atoms with Gasteiger partial charge in [-0.2, -0.15) is 0 Å². The van der Waals surface area contributed by atoms with Gasteiger partial charge in [-0.15, -0.1) is 0 Å². The predicted octanol–water partition coefficient (Wildman–Crippen LogP) is 1.88. The molecule has 1 saturated heterocycles. The number of allylic oxidation sites excluding steroid dienone is 1. The molecular weight excluding hydrogens is 470 g/mol. The molecule has 0 radical (unpaired) electrons. The van der Waals surface area contributed by atoms with E-state index in [0.29, 0.717) is 43.3 Å². The molecule has 1 aromatic carbocycles. The Kier molecular flexibility index (Phi) is 8.69. The van der Waals surface area contributed by atoms with Crippen LogP contribution >= 0.6 is 11.6 Å². The molecule has 0 N–H and O–H groups in total. The first kappa shape index (κ1) is 26.4. The molecule has 9 nitrogen and oxygen atoms in total. The number of nitrogens with zero attached hydrogens (tertiary/aromatic N) is 5. The topological polar surface area (TPSA) is 87.9 Å². The lowest BCUT2D eigenvalue weighted by Crippen LogP contribution is -2.49. The average molecular weight is 502 g/mol. The second-order valence-electron chi connectivity index (χ2n) is 8.95. The summed E-state index contributed by atoms with van der Waals surface area (Å²) >= 11 is 5.91. The number of benzene rings is 1. The van der Waals surface area contributed by atoms with Crippen molar-refractivity contribution in [2.75, 3.05) is 44.2 Å². The van der Waals surface area contributed by atoms with Gasteiger partial charge in [-0.25, -0.2) is 4.79 Å². The van der Waals surface area contributed by atoms with E-state index in [9.17, 15) is 19.2 Å². The lowest BCUT2D eigenvalue weighted by Gasteiger charge is -2.35. The van der Waals surface area contributed by atoms with Gasteiger partial charge in [0.15, 0.2) is 0 Å². The minimum absolute atomic E-state index is 0.0316. The number of amides is 2. The van der Waals surface area contributed by atoms with Crippen molar-refractivity contribution in [3.05, 3.63) is 73.5 Å². The van der Waals surface area contributed by atoms with E-state index >= 15 is 0 Å². The molecule has 2 heterocycles. The van der Waals surface area contributed by atoms with Crippen LogP contribution in [-0.2, 0) is 18.9 Å². The van der Waals surface area contributed by atoms with Crippen LogP contribution < -0.4 is 16.1 Å². The number of aromatic nitrogens is 2. The van der Waals surface area contributed by atoms with Crippen molar-refractivity contribution in [1.29, 1.82) is 0 Å². The molecule has 1 aliphatic rings. The maximum absolute atomic E-state index is 13.2. The van der Waals surface area contributed by atoms with E-state index in [4.69, 9.17) is 11.6 Å². The van der Waals surface area contributed by atoms with Crippen LogP contribution in [0.25, 0.3) is 0 Å². The average Bonchev–Trinajstić information content (AvgIpc) is 2.84. The quantitative estimate of drug-likeness (QED) is 0.541. The van der Waals surface area contributed by atoms with Crippen molar-refractivity contribution in [2.45, 2.75) is 20.3 Å². The van der Waals surface area contributed by atoms with E-state index in [-0.39, 0.29) is 30.5 Å². The normalized spacial score (nSPS) is 14.0. The van der Waals surface area contributed by atoms with Gasteiger partial charge in [0.2, 0.25) is 5.91 Å². The molecular formula is C25H32ClN5O4. The Hall–Kier alpha value is -3.17. The van der Waals surface area contributed by atoms with Crippen molar-refractivity contribution in [3.8, 4) is 0 Å². The molecule has 3 rings (SSSR count). The van der Waals surface area contributed by atoms with Gasteiger partial charge in [0.05, 0.1) is 0 Å². The molecule has 0 bridgehead atoms. The zero-order valence-electron chi connectivity index (χ0n) is 20.7. The summed E-state index contributed by atoms with van der Waals surface area (Å²) in [5.41, 5.74) is 0.852. The zero-order chi connectivity index (χ0) is 25.7. The SMILES string of the molecule is CC(C)=CCN(C(=O)CCN1CCN(C(=O)c2ccc(Cl)cc2)CC1)c1cn(C)c(=O)n(C)c1=O. The van der Waals surface area contributed by atoms with Crippen molar-refractivity contribution in [2.24, 2.45) is 14.1 Å². The van der Waals surface area contributed by atoms with Crippen molar-refractivity contribution in [3.63, 3.8) is 0 Å². The molecule has 0 atom stereocenters. The Morgan fingerprint density at radius 2 is 1.66 bits per heavy atom. The second kappa shape index (κ2) is 11.5. The van der Waals surface area contributed by atoms with Crippen LogP contribution in [0.1, 0.15) is 30.6 Å². The second-order valence-corrected chi connectivity index (χ2v) is 9.38. The molecule has 1 aliphatic heterocycles. The molecule has 0 aliphatic carbocycles. The summed E-state index contributed by atoms with van der Waals surface area (Å²) < 4.78 is 2.31. The number of piperazine rings is 1. The number of anilines is 1. The van der Waals surface area contributed by atoms with Gasteiger partial charge in [-0.05, 0) is 38.1 Å². The van der Waals surface area contributed by atoms with Crippen molar-refractivity contribution >= 4 is 29.1 Å². The van der Waals surface area contributed by atoms with Gasteiger partial charge in [-0.1, -0.05) is 23.3 Å². The van der Waals surface area contributed by atoms with Crippen molar-refractivity contribution < 1.29 is 9.59 Å². The third-order valence-electron chi connectivity index (χ3n) is 6.09. The summed E-state index contributed by atoms with van der Waals surface area (Å²) in [6.07, 6.45) is 3.51. The lowest BCUT2D eigenvalue weighted by molar-refractivity contribution is -0.118. The Morgan fingerprint density at radius 1 is 1.03 bits per heavy atom. The molecule has 1 fully saturated rings. The summed E-state index contributed by atoms with van der Waals surface area (Å²) in [7, 11) is 2.96. The van der Waals surface area contributed by atoms with Gasteiger partial charge < -0.3 is 14.4 Å². The molecule has 1 aromatic heterocycles. The first-order valence-corrected chi connectivity index (χ1v) is 11.9. The predicted molar refractivity (Wildman–Crippen MR) is 137 cm³/mol. The number of aryl methyl sites for hydroxylation is 1. The third-order valence-corrected chi connectivity index (χ3v) is 6.35. The Morgan fingerprint density at radius 3 is 2.26 bits per heavy atom. The van der Waals surface area contributed by atoms with Crippen LogP contribution in [0.15, 0.2) is 51.7 Å². The van der Waals surface area contributed by atoms with Gasteiger partial charge in [0.25, 0.3) is 11.5 Å². The van der Waals surface area contributed by atoms with Crippen LogP contribution in [0.4, 0.5) is 5.69 Å². The highest BCUT2D eigenvalue weighted by Crippen LogP contribution is 2.14. The Balaban J connectivity index is 1.64. The third kappa shape index (κ3) is 6.49. The first-order chi connectivity index (χ1) is 16.6. The number of carbonyl (C=O) groups is 2. The van der Waals surface area contributed by atoms with Crippen molar-refractivity contribution in [1.82, 2.24) is 18.9 Å². The number of hydrogen-bond donors (Lipinski definition) is 0. The highest BCUT2D eigenvalue weighted by Gasteiger charge is 2.24. The van der Waals surface area contributed by atoms with E-state index < -0.39 is 11.2 Å². The molecule has 2 aromatic rings. The number of hydrogen-bond acceptors (Lipinski definition) is 5. The van der Waals surface area contributed by atoms with E-state index in [1.54, 1.807) is 36.2 Å². The standard InChI is InChI=1S/C25H32ClN5O4/c1-18(2)9-12-31(21-17-27(3)25(35)28(4)24(21)34)22(32)10-11-29-13-15-30(16-14-29)23(33)19-5-7-20(26)8-6-19/h5-9,17H,10-16H2,1-4H3. The van der Waals surface area contributed by atoms with Crippen LogP contribution in [0.5, 0.6) is 0 Å². The summed E-state index contributed by atoms with van der Waals surface area (Å²) in [6, 6.07) is 6.85. The fourth-order valence-electron chi connectivity index (χ4n) is 3.92. The van der Waals surface area contributed by atoms with Gasteiger partial charge in [-0.3, -0.25) is 23.9 Å². The van der Waals surface area contributed by atoms with Crippen LogP contribution in [-0.4, -0.2) is 70.0 Å². The molecule has 10 heteroatoms. The molecule has 0 saturated carbocycles. The first-order valence-electron chi connectivity index (χ1n) is 11.6. The maximum atomic E-state index is 13.2. The fraction of sp³-hybridized carbons (Fsp3) is 0.440. The Labute approximate surface area is 209 Å². The van der Waals surface area contributed by atoms with Gasteiger partial charge in [0.1, 0.15) is 5.69 Å². The van der Waals surface area contributed by atoms with E-state index in [0.717, 1.165) is 10.1 Å². The lowest BCUT2D eigenvalue weighted by atomic mass is 10.2. The number of rotatable bonds is 7. The molecule has 0 unspecified atom stereocenters. The summed E-state index contributed by atoms with van der Waals surface area (Å²) in [6.45, 7) is 7.05. The monoisotopic (exact) mass is 501 g/mol. The summed E-state index contributed by atoms with van der Waals surface area (Å²) in [4.78, 5) is 56.1. The molecule has 35 heavy (non-hydrogen) atoms. The summed E-state index contributed by atoms with van der Waals surface area (Å²) in [5.74, 6) is -0.228. The minimum atomic E-state index is -0.502. The number of halogens is 1. The van der Waals surface area contributed by atoms with Gasteiger partial charge >= 0.3 is 5.69 Å². The van der Waals surface area contributed by atoms with Crippen LogP contribution in [0.2, 0.25) is 5.02 Å².